The van der Waals surface area contributed by atoms with Gasteiger partial charge < -0.3 is 13.7 Å². The van der Waals surface area contributed by atoms with E-state index in [1.54, 1.807) is 54.7 Å². The van der Waals surface area contributed by atoms with Gasteiger partial charge in [-0.3, -0.25) is 4.79 Å². The van der Waals surface area contributed by atoms with E-state index in [0.717, 1.165) is 33.6 Å². The van der Waals surface area contributed by atoms with Crippen LogP contribution in [0.3, 0.4) is 0 Å². The average molecular weight is 617 g/mol. The van der Waals surface area contributed by atoms with Gasteiger partial charge in [-0.2, -0.15) is 9.78 Å². The second-order valence-corrected chi connectivity index (χ2v) is 11.1. The summed E-state index contributed by atoms with van der Waals surface area (Å²) in [5, 5.41) is 6.47. The Kier molecular flexibility index (Phi) is 7.27. The minimum atomic E-state index is -0.312. The highest BCUT2D eigenvalue weighted by molar-refractivity contribution is 6.31. The molecule has 0 radical (unpaired) electrons. The number of nitrogens with zero attached hydrogens (tertiary/aromatic N) is 4. The molecule has 3 aromatic heterocycles. The van der Waals surface area contributed by atoms with Crippen molar-refractivity contribution in [2.75, 3.05) is 0 Å². The fourth-order valence-electron chi connectivity index (χ4n) is 5.44. The number of ether oxygens (including phenoxy) is 1. The van der Waals surface area contributed by atoms with Crippen LogP contribution in [0.25, 0.3) is 39.1 Å². The number of furan rings is 1. The standard InChI is InChI=1S/C36H26ClFN4O3/c1-22-16-26(23(2)41(22)29-11-13-30(14-12-29)44-21-24-6-5-7-28(38)17-24)20-39-42-35(40-32-9-4-3-8-31(32)36(42)43)34-19-25-18-27(37)10-15-33(25)45-34/h3-20H,21H2,1-2H3. The van der Waals surface area contributed by atoms with Gasteiger partial charge in [0, 0.05) is 33.0 Å². The predicted octanol–water partition coefficient (Wildman–Crippen LogP) is 8.47. The van der Waals surface area contributed by atoms with E-state index in [1.807, 2.05) is 56.3 Å². The Morgan fingerprint density at radius 1 is 0.956 bits per heavy atom. The summed E-state index contributed by atoms with van der Waals surface area (Å²) in [5.74, 6) is 1.07. The Bertz CT molecular complexity index is 2300. The summed E-state index contributed by atoms with van der Waals surface area (Å²) in [5.41, 5.74) is 5.31. The van der Waals surface area contributed by atoms with Crippen molar-refractivity contribution in [3.8, 4) is 23.0 Å². The molecule has 9 heteroatoms. The third-order valence-corrected chi connectivity index (χ3v) is 7.86. The summed E-state index contributed by atoms with van der Waals surface area (Å²) in [4.78, 5) is 18.5. The average Bonchev–Trinajstić information content (AvgIpc) is 3.58. The molecule has 7 rings (SSSR count). The number of rotatable bonds is 7. The molecule has 0 amide bonds. The maximum Gasteiger partial charge on any atom is 0.282 e. The Morgan fingerprint density at radius 2 is 1.78 bits per heavy atom. The molecule has 0 unspecified atom stereocenters. The molecule has 3 heterocycles. The molecule has 7 nitrogen and oxygen atoms in total. The third kappa shape index (κ3) is 5.52. The summed E-state index contributed by atoms with van der Waals surface area (Å²) >= 11 is 6.19. The topological polar surface area (TPSA) is 74.5 Å². The summed E-state index contributed by atoms with van der Waals surface area (Å²) in [6.45, 7) is 4.27. The van der Waals surface area contributed by atoms with E-state index in [4.69, 9.17) is 25.7 Å². The first-order valence-corrected chi connectivity index (χ1v) is 14.6. The van der Waals surface area contributed by atoms with Gasteiger partial charge >= 0.3 is 0 Å². The van der Waals surface area contributed by atoms with Gasteiger partial charge in [-0.05, 0) is 98.3 Å². The van der Waals surface area contributed by atoms with Crippen LogP contribution in [-0.2, 0) is 6.61 Å². The zero-order chi connectivity index (χ0) is 31.1. The lowest BCUT2D eigenvalue weighted by molar-refractivity contribution is 0.305. The molecule has 0 saturated carbocycles. The van der Waals surface area contributed by atoms with Crippen LogP contribution in [0, 0.1) is 19.7 Å². The fraction of sp³-hybridized carbons (Fsp3) is 0.0833. The molecule has 7 aromatic rings. The molecule has 4 aromatic carbocycles. The van der Waals surface area contributed by atoms with Gasteiger partial charge in [-0.25, -0.2) is 9.37 Å². The normalized spacial score (nSPS) is 11.6. The van der Waals surface area contributed by atoms with E-state index in [2.05, 4.69) is 9.67 Å². The van der Waals surface area contributed by atoms with Crippen molar-refractivity contribution in [2.45, 2.75) is 20.5 Å². The maximum absolute atomic E-state index is 13.7. The maximum atomic E-state index is 13.7. The summed E-state index contributed by atoms with van der Waals surface area (Å²) in [6.07, 6.45) is 1.66. The van der Waals surface area contributed by atoms with Crippen molar-refractivity contribution >= 4 is 39.7 Å². The van der Waals surface area contributed by atoms with Crippen LogP contribution in [0.2, 0.25) is 5.02 Å². The van der Waals surface area contributed by atoms with E-state index < -0.39 is 0 Å². The molecule has 0 saturated heterocycles. The van der Waals surface area contributed by atoms with E-state index in [9.17, 15) is 9.18 Å². The molecule has 0 spiro atoms. The molecule has 45 heavy (non-hydrogen) atoms. The minimum absolute atomic E-state index is 0.270. The van der Waals surface area contributed by atoms with Crippen LogP contribution in [-0.4, -0.2) is 20.4 Å². The second kappa shape index (κ2) is 11.6. The molecular weight excluding hydrogens is 591 g/mol. The molecule has 0 fully saturated rings. The summed E-state index contributed by atoms with van der Waals surface area (Å²) in [7, 11) is 0. The zero-order valence-corrected chi connectivity index (χ0v) is 25.1. The smallest absolute Gasteiger partial charge is 0.282 e. The van der Waals surface area contributed by atoms with Gasteiger partial charge in [0.15, 0.2) is 5.76 Å². The zero-order valence-electron chi connectivity index (χ0n) is 24.4. The monoisotopic (exact) mass is 616 g/mol. The number of fused-ring (bicyclic) bond motifs is 2. The number of benzene rings is 4. The molecule has 0 aliphatic rings. The van der Waals surface area contributed by atoms with Crippen molar-refractivity contribution in [3.05, 3.63) is 147 Å². The lowest BCUT2D eigenvalue weighted by atomic mass is 10.2. The van der Waals surface area contributed by atoms with Crippen molar-refractivity contribution in [1.82, 2.24) is 14.2 Å². The molecule has 222 valence electrons. The van der Waals surface area contributed by atoms with Crippen LogP contribution in [0.5, 0.6) is 5.75 Å². The van der Waals surface area contributed by atoms with Crippen LogP contribution in [0.4, 0.5) is 4.39 Å². The van der Waals surface area contributed by atoms with Crippen LogP contribution in [0.15, 0.2) is 117 Å². The van der Waals surface area contributed by atoms with Crippen LogP contribution in [0.1, 0.15) is 22.5 Å². The van der Waals surface area contributed by atoms with Gasteiger partial charge in [-0.1, -0.05) is 35.9 Å². The van der Waals surface area contributed by atoms with Gasteiger partial charge in [0.1, 0.15) is 23.8 Å². The number of hydrogen-bond acceptors (Lipinski definition) is 5. The molecule has 0 aliphatic carbocycles. The Labute approximate surface area is 262 Å². The highest BCUT2D eigenvalue weighted by atomic mass is 35.5. The summed E-state index contributed by atoms with van der Waals surface area (Å²) < 4.78 is 28.8. The predicted molar refractivity (Wildman–Crippen MR) is 175 cm³/mol. The number of para-hydroxylation sites is 1. The number of aryl methyl sites for hydroxylation is 1. The Hall–Kier alpha value is -5.47. The lowest BCUT2D eigenvalue weighted by Crippen LogP contribution is -2.20. The molecule has 0 atom stereocenters. The van der Waals surface area contributed by atoms with Gasteiger partial charge in [0.25, 0.3) is 5.56 Å². The first-order chi connectivity index (χ1) is 21.8. The second-order valence-electron chi connectivity index (χ2n) is 10.7. The lowest BCUT2D eigenvalue weighted by Gasteiger charge is -2.11. The van der Waals surface area contributed by atoms with Crippen molar-refractivity contribution in [3.63, 3.8) is 0 Å². The number of halogens is 2. The number of aromatic nitrogens is 3. The Balaban J connectivity index is 1.22. The number of hydrogen-bond donors (Lipinski definition) is 0. The van der Waals surface area contributed by atoms with Gasteiger partial charge in [0.05, 0.1) is 17.1 Å². The third-order valence-electron chi connectivity index (χ3n) is 7.62. The van der Waals surface area contributed by atoms with Gasteiger partial charge in [0.2, 0.25) is 5.82 Å². The van der Waals surface area contributed by atoms with Crippen molar-refractivity contribution in [2.24, 2.45) is 5.10 Å². The quantitative estimate of drug-likeness (QED) is 0.168. The molecular formula is C36H26ClFN4O3. The Morgan fingerprint density at radius 3 is 2.60 bits per heavy atom. The van der Waals surface area contributed by atoms with E-state index in [1.165, 1.54) is 16.8 Å². The van der Waals surface area contributed by atoms with Crippen molar-refractivity contribution in [1.29, 1.82) is 0 Å². The van der Waals surface area contributed by atoms with E-state index in [0.29, 0.717) is 33.0 Å². The molecule has 0 N–H and O–H groups in total. The van der Waals surface area contributed by atoms with Crippen LogP contribution >= 0.6 is 11.6 Å². The molecule has 0 bridgehead atoms. The first-order valence-electron chi connectivity index (χ1n) is 14.3. The minimum Gasteiger partial charge on any atom is -0.489 e. The van der Waals surface area contributed by atoms with E-state index >= 15 is 0 Å². The molecule has 0 aliphatic heterocycles. The fourth-order valence-corrected chi connectivity index (χ4v) is 5.62. The largest absolute Gasteiger partial charge is 0.489 e. The highest BCUT2D eigenvalue weighted by Gasteiger charge is 2.17. The first kappa shape index (κ1) is 28.3. The summed E-state index contributed by atoms with van der Waals surface area (Å²) in [6, 6.07) is 30.4. The SMILES string of the molecule is Cc1cc(C=Nn2c(-c3cc4cc(Cl)ccc4o3)nc3ccccc3c2=O)c(C)n1-c1ccc(OCc2cccc(F)c2)cc1. The highest BCUT2D eigenvalue weighted by Crippen LogP contribution is 2.29. The van der Waals surface area contributed by atoms with Crippen molar-refractivity contribution < 1.29 is 13.5 Å². The van der Waals surface area contributed by atoms with Crippen LogP contribution < -0.4 is 10.3 Å². The van der Waals surface area contributed by atoms with E-state index in [-0.39, 0.29) is 23.8 Å². The van der Waals surface area contributed by atoms with Gasteiger partial charge in [-0.15, -0.1) is 0 Å².